The second-order valence-corrected chi connectivity index (χ2v) is 6.62. The van der Waals surface area contributed by atoms with Gasteiger partial charge in [0.1, 0.15) is 0 Å². The van der Waals surface area contributed by atoms with Gasteiger partial charge in [0.15, 0.2) is 5.75 Å². The minimum absolute atomic E-state index is 0. The number of aromatic nitrogens is 1. The zero-order chi connectivity index (χ0) is 18.6. The SMILES string of the molecule is CC(=O)Oc1c(C)nc(CC(C)C)c(CN)c1-c1ccc(CN)cc1.Cl.Cl. The number of carbonyl (C=O) groups excluding carboxylic acids is 1. The highest BCUT2D eigenvalue weighted by Crippen LogP contribution is 2.37. The first-order chi connectivity index (χ1) is 11.9. The number of rotatable bonds is 6. The first kappa shape index (κ1) is 25.3. The standard InChI is InChI=1S/C20H27N3O2.2ClH/c1-12(2)9-18-17(11-22)19(16-7-5-15(10-21)6-8-16)20(13(3)23-18)25-14(4)24;;/h5-8,12H,9-11,21-22H2,1-4H3;2*1H. The molecule has 1 aromatic carbocycles. The minimum Gasteiger partial charge on any atom is -0.424 e. The Bertz CT molecular complexity index is 763. The first-order valence-corrected chi connectivity index (χ1v) is 8.57. The molecule has 0 unspecified atom stereocenters. The van der Waals surface area contributed by atoms with Crippen molar-refractivity contribution >= 4 is 30.8 Å². The van der Waals surface area contributed by atoms with Gasteiger partial charge in [-0.3, -0.25) is 9.78 Å². The quantitative estimate of drug-likeness (QED) is 0.699. The minimum atomic E-state index is -0.371. The van der Waals surface area contributed by atoms with Gasteiger partial charge >= 0.3 is 5.97 Å². The molecule has 0 aliphatic heterocycles. The van der Waals surface area contributed by atoms with Crippen LogP contribution in [0.5, 0.6) is 5.75 Å². The van der Waals surface area contributed by atoms with Gasteiger partial charge < -0.3 is 16.2 Å². The van der Waals surface area contributed by atoms with Crippen LogP contribution in [0.3, 0.4) is 0 Å². The molecule has 0 aliphatic rings. The molecule has 0 fully saturated rings. The summed E-state index contributed by atoms with van der Waals surface area (Å²) in [6, 6.07) is 7.93. The molecule has 2 rings (SSSR count). The van der Waals surface area contributed by atoms with E-state index < -0.39 is 0 Å². The lowest BCUT2D eigenvalue weighted by Crippen LogP contribution is -2.14. The highest BCUT2D eigenvalue weighted by molar-refractivity contribution is 5.85. The molecule has 0 bridgehead atoms. The van der Waals surface area contributed by atoms with Gasteiger partial charge in [0, 0.05) is 31.3 Å². The number of carbonyl (C=O) groups is 1. The summed E-state index contributed by atoms with van der Waals surface area (Å²) in [5.74, 6) is 0.564. The summed E-state index contributed by atoms with van der Waals surface area (Å²) < 4.78 is 5.51. The zero-order valence-corrected chi connectivity index (χ0v) is 17.9. The lowest BCUT2D eigenvalue weighted by molar-refractivity contribution is -0.131. The number of aryl methyl sites for hydroxylation is 1. The van der Waals surface area contributed by atoms with Crippen LogP contribution >= 0.6 is 24.8 Å². The Morgan fingerprint density at radius 2 is 1.70 bits per heavy atom. The van der Waals surface area contributed by atoms with Gasteiger partial charge in [0.2, 0.25) is 0 Å². The predicted octanol–water partition coefficient (Wildman–Crippen LogP) is 3.94. The number of hydrogen-bond donors (Lipinski definition) is 2. The third kappa shape index (κ3) is 6.18. The first-order valence-electron chi connectivity index (χ1n) is 8.57. The Kier molecular flexibility index (Phi) is 10.6. The summed E-state index contributed by atoms with van der Waals surface area (Å²) in [4.78, 5) is 16.3. The number of hydrogen-bond acceptors (Lipinski definition) is 5. The number of benzene rings is 1. The molecule has 0 saturated heterocycles. The number of esters is 1. The number of nitrogens with two attached hydrogens (primary N) is 2. The predicted molar refractivity (Wildman–Crippen MR) is 115 cm³/mol. The molecule has 150 valence electrons. The van der Waals surface area contributed by atoms with Gasteiger partial charge in [-0.25, -0.2) is 0 Å². The average molecular weight is 414 g/mol. The maximum absolute atomic E-state index is 11.6. The Morgan fingerprint density at radius 1 is 1.11 bits per heavy atom. The Hall–Kier alpha value is -1.66. The third-order valence-corrected chi connectivity index (χ3v) is 4.04. The number of ether oxygens (including phenoxy) is 1. The van der Waals surface area contributed by atoms with Crippen molar-refractivity contribution < 1.29 is 9.53 Å². The number of nitrogens with zero attached hydrogens (tertiary/aromatic N) is 1. The molecule has 5 nitrogen and oxygen atoms in total. The summed E-state index contributed by atoms with van der Waals surface area (Å²) in [6.45, 7) is 8.36. The van der Waals surface area contributed by atoms with Gasteiger partial charge in [0.25, 0.3) is 0 Å². The number of pyridine rings is 1. The molecular weight excluding hydrogens is 385 g/mol. The van der Waals surface area contributed by atoms with E-state index in [9.17, 15) is 4.79 Å². The van der Waals surface area contributed by atoms with Crippen molar-refractivity contribution in [2.45, 2.75) is 47.2 Å². The van der Waals surface area contributed by atoms with Gasteiger partial charge in [-0.2, -0.15) is 0 Å². The Balaban J connectivity index is 0.00000338. The second-order valence-electron chi connectivity index (χ2n) is 6.62. The molecule has 0 aliphatic carbocycles. The molecule has 4 N–H and O–H groups in total. The van der Waals surface area contributed by atoms with E-state index in [2.05, 4.69) is 18.8 Å². The molecule has 1 aromatic heterocycles. The summed E-state index contributed by atoms with van der Waals surface area (Å²) >= 11 is 0. The molecule has 0 saturated carbocycles. The average Bonchev–Trinajstić information content (AvgIpc) is 2.56. The monoisotopic (exact) mass is 413 g/mol. The van der Waals surface area contributed by atoms with Crippen molar-refractivity contribution in [2.24, 2.45) is 17.4 Å². The van der Waals surface area contributed by atoms with E-state index in [1.165, 1.54) is 6.92 Å². The Morgan fingerprint density at radius 3 is 2.15 bits per heavy atom. The fraction of sp³-hybridized carbons (Fsp3) is 0.400. The molecule has 7 heteroatoms. The summed E-state index contributed by atoms with van der Waals surface area (Å²) in [6.07, 6.45) is 0.821. The molecule has 0 atom stereocenters. The molecule has 2 aromatic rings. The van der Waals surface area contributed by atoms with E-state index in [1.807, 2.05) is 31.2 Å². The van der Waals surface area contributed by atoms with Crippen molar-refractivity contribution in [2.75, 3.05) is 0 Å². The Labute approximate surface area is 173 Å². The van der Waals surface area contributed by atoms with Gasteiger partial charge in [-0.15, -0.1) is 24.8 Å². The van der Waals surface area contributed by atoms with Crippen LogP contribution in [0.4, 0.5) is 0 Å². The van der Waals surface area contributed by atoms with E-state index in [0.717, 1.165) is 34.4 Å². The van der Waals surface area contributed by atoms with Crippen LogP contribution in [-0.2, 0) is 24.3 Å². The molecule has 0 radical (unpaired) electrons. The van der Waals surface area contributed by atoms with Crippen LogP contribution in [0.15, 0.2) is 24.3 Å². The molecule has 1 heterocycles. The van der Waals surface area contributed by atoms with Crippen LogP contribution in [0.2, 0.25) is 0 Å². The summed E-state index contributed by atoms with van der Waals surface area (Å²) in [5.41, 5.74) is 17.2. The van der Waals surface area contributed by atoms with Crippen molar-refractivity contribution in [3.8, 4) is 16.9 Å². The smallest absolute Gasteiger partial charge is 0.308 e. The molecule has 27 heavy (non-hydrogen) atoms. The molecule has 0 amide bonds. The van der Waals surface area contributed by atoms with E-state index in [4.69, 9.17) is 16.2 Å². The molecular formula is C20H29Cl2N3O2. The summed E-state index contributed by atoms with van der Waals surface area (Å²) in [7, 11) is 0. The normalized spacial score (nSPS) is 10.2. The fourth-order valence-electron chi connectivity index (χ4n) is 2.94. The van der Waals surface area contributed by atoms with Crippen LogP contribution in [0, 0.1) is 12.8 Å². The zero-order valence-electron chi connectivity index (χ0n) is 16.2. The van der Waals surface area contributed by atoms with Crippen molar-refractivity contribution in [3.05, 3.63) is 46.8 Å². The second kappa shape index (κ2) is 11.2. The largest absolute Gasteiger partial charge is 0.424 e. The van der Waals surface area contributed by atoms with Crippen LogP contribution in [0.25, 0.3) is 11.1 Å². The van der Waals surface area contributed by atoms with Crippen LogP contribution in [-0.4, -0.2) is 11.0 Å². The maximum atomic E-state index is 11.6. The number of halogens is 2. The topological polar surface area (TPSA) is 91.2 Å². The van der Waals surface area contributed by atoms with Crippen molar-refractivity contribution in [1.82, 2.24) is 4.98 Å². The van der Waals surface area contributed by atoms with E-state index >= 15 is 0 Å². The van der Waals surface area contributed by atoms with Crippen LogP contribution in [0.1, 0.15) is 43.3 Å². The maximum Gasteiger partial charge on any atom is 0.308 e. The van der Waals surface area contributed by atoms with E-state index in [0.29, 0.717) is 30.5 Å². The van der Waals surface area contributed by atoms with Gasteiger partial charge in [-0.1, -0.05) is 38.1 Å². The van der Waals surface area contributed by atoms with Gasteiger partial charge in [0.05, 0.1) is 5.69 Å². The van der Waals surface area contributed by atoms with E-state index in [-0.39, 0.29) is 30.8 Å². The highest BCUT2D eigenvalue weighted by atomic mass is 35.5. The molecule has 0 spiro atoms. The lowest BCUT2D eigenvalue weighted by Gasteiger charge is -2.20. The van der Waals surface area contributed by atoms with Crippen molar-refractivity contribution in [3.63, 3.8) is 0 Å². The van der Waals surface area contributed by atoms with Crippen LogP contribution < -0.4 is 16.2 Å². The fourth-order valence-corrected chi connectivity index (χ4v) is 2.94. The van der Waals surface area contributed by atoms with Crippen molar-refractivity contribution in [1.29, 1.82) is 0 Å². The van der Waals surface area contributed by atoms with E-state index in [1.54, 1.807) is 0 Å². The highest BCUT2D eigenvalue weighted by Gasteiger charge is 2.21. The third-order valence-electron chi connectivity index (χ3n) is 4.04. The lowest BCUT2D eigenvalue weighted by atomic mass is 9.93. The van der Waals surface area contributed by atoms with Gasteiger partial charge in [-0.05, 0) is 36.0 Å². The summed E-state index contributed by atoms with van der Waals surface area (Å²) in [5, 5.41) is 0.